The number of hydrogen-bond donors (Lipinski definition) is 3. The van der Waals surface area contributed by atoms with Gasteiger partial charge in [-0.2, -0.15) is 13.2 Å². The normalized spacial score (nSPS) is 24.9. The third-order valence-corrected chi connectivity index (χ3v) is 21.7. The summed E-state index contributed by atoms with van der Waals surface area (Å²) in [6, 6.07) is 0.275. The zero-order chi connectivity index (χ0) is 79.3. The number of alkyl halides is 3. The molecule has 12 amide bonds. The van der Waals surface area contributed by atoms with Crippen molar-refractivity contribution in [1.29, 1.82) is 0 Å². The summed E-state index contributed by atoms with van der Waals surface area (Å²) in [6.07, 6.45) is 0.682. The number of benzene rings is 2. The smallest absolute Gasteiger partial charge is 0.372 e. The summed E-state index contributed by atoms with van der Waals surface area (Å²) in [5, 5.41) is 8.95. The minimum atomic E-state index is -5.02. The van der Waals surface area contributed by atoms with Crippen molar-refractivity contribution in [3.63, 3.8) is 0 Å². The lowest BCUT2D eigenvalue weighted by Crippen LogP contribution is -2.59. The lowest BCUT2D eigenvalue weighted by Gasteiger charge is -2.38. The first-order valence-electron chi connectivity index (χ1n) is 37.9. The number of ether oxygens (including phenoxy) is 1. The van der Waals surface area contributed by atoms with Gasteiger partial charge >= 0.3 is 6.18 Å². The van der Waals surface area contributed by atoms with Crippen LogP contribution in [0, 0.1) is 29.5 Å². The molecule has 3 heterocycles. The van der Waals surface area contributed by atoms with E-state index < -0.39 is 169 Å². The highest BCUT2D eigenvalue weighted by Crippen LogP contribution is 2.34. The maximum Gasteiger partial charge on any atom is 0.419 e. The Balaban J connectivity index is 1.38. The van der Waals surface area contributed by atoms with Crippen molar-refractivity contribution >= 4 is 82.5 Å². The summed E-state index contributed by atoms with van der Waals surface area (Å²) in [4.78, 5) is 188. The van der Waals surface area contributed by atoms with E-state index in [1.54, 1.807) is 36.1 Å². The van der Waals surface area contributed by atoms with Crippen LogP contribution in [0.4, 0.5) is 17.6 Å². The van der Waals surface area contributed by atoms with E-state index in [1.165, 1.54) is 73.8 Å². The highest BCUT2D eigenvalue weighted by molar-refractivity contribution is 6.30. The fourth-order valence-corrected chi connectivity index (χ4v) is 14.6. The molecule has 9 atom stereocenters. The number of carbonyl (C=O) groups excluding carboxylic acids is 12. The van der Waals surface area contributed by atoms with Crippen molar-refractivity contribution in [2.75, 3.05) is 95.1 Å². The Kier molecular flexibility index (Phi) is 33.7. The number of hydrogen-bond acceptors (Lipinski definition) is 13. The van der Waals surface area contributed by atoms with Crippen molar-refractivity contribution in [2.24, 2.45) is 23.7 Å². The van der Waals surface area contributed by atoms with E-state index in [4.69, 9.17) is 16.3 Å². The van der Waals surface area contributed by atoms with E-state index in [2.05, 4.69) is 16.0 Å². The summed E-state index contributed by atoms with van der Waals surface area (Å²) in [5.41, 5.74) is -0.755. The van der Waals surface area contributed by atoms with Crippen LogP contribution < -0.4 is 16.0 Å². The maximum atomic E-state index is 15.3. The lowest BCUT2D eigenvalue weighted by atomic mass is 9.84. The van der Waals surface area contributed by atoms with Crippen LogP contribution in [0.1, 0.15) is 174 Å². The zero-order valence-corrected chi connectivity index (χ0v) is 65.5. The molecule has 3 N–H and O–H groups in total. The van der Waals surface area contributed by atoms with Crippen molar-refractivity contribution in [3.05, 3.63) is 70.0 Å². The number of rotatable bonds is 15. The molecule has 2 aromatic carbocycles. The second kappa shape index (κ2) is 41.0. The SMILES string of the molecule is CC[C@H](C)C1NC(=O)[C@H](CC(C)C)N(C)C(=O)C[C@@H](C(=O)N2CCCCC2)N(C)C(=O)[C@H](CC(C)C)N(C)C(=O)CCCCNC(=O)[C@@H]2C[C@@H](OCc3ccc(Cl)cc3)CN2C(=O)[C@H](CCc2ccc(C(F)(F)F)c(F)c2)NC(=O)CN(C)C(=O)[C@H](CC2CCCCC2)N(C)C(=O)CN(C)C(=O)CN(C)C1=O. The third-order valence-electron chi connectivity index (χ3n) is 21.4. The maximum absolute atomic E-state index is 15.3. The first kappa shape index (κ1) is 88.0. The van der Waals surface area contributed by atoms with Gasteiger partial charge in [0.25, 0.3) is 0 Å². The van der Waals surface area contributed by atoms with Gasteiger partial charge in [-0.25, -0.2) is 4.39 Å². The summed E-state index contributed by atoms with van der Waals surface area (Å²) in [6.45, 7) is 9.84. The van der Waals surface area contributed by atoms with Crippen LogP contribution in [-0.4, -0.2) is 259 Å². The van der Waals surface area contributed by atoms with Crippen LogP contribution >= 0.6 is 11.6 Å². The lowest BCUT2D eigenvalue weighted by molar-refractivity contribution is -0.153. The van der Waals surface area contributed by atoms with Crippen LogP contribution in [0.2, 0.25) is 5.02 Å². The summed E-state index contributed by atoms with van der Waals surface area (Å²) in [5.74, 6) is -10.2. The van der Waals surface area contributed by atoms with Gasteiger partial charge in [0.05, 0.1) is 44.3 Å². The Bertz CT molecular complexity index is 3410. The molecule has 0 aromatic heterocycles. The number of nitrogens with one attached hydrogen (secondary N) is 3. The van der Waals surface area contributed by atoms with Gasteiger partial charge in [-0.3, -0.25) is 57.5 Å². The van der Waals surface area contributed by atoms with E-state index in [0.29, 0.717) is 55.1 Å². The summed E-state index contributed by atoms with van der Waals surface area (Å²) in [7, 11) is 9.83. The fourth-order valence-electron chi connectivity index (χ4n) is 14.4. The monoisotopic (exact) mass is 1530 g/mol. The van der Waals surface area contributed by atoms with Crippen molar-refractivity contribution < 1.29 is 79.8 Å². The second-order valence-corrected chi connectivity index (χ2v) is 31.1. The van der Waals surface area contributed by atoms with Gasteiger partial charge in [0.2, 0.25) is 70.9 Å². The van der Waals surface area contributed by atoms with Gasteiger partial charge in [0.15, 0.2) is 0 Å². The van der Waals surface area contributed by atoms with Crippen LogP contribution in [-0.2, 0) is 81.5 Å². The van der Waals surface area contributed by atoms with E-state index in [0.717, 1.165) is 59.3 Å². The van der Waals surface area contributed by atoms with Crippen LogP contribution in [0.15, 0.2) is 42.5 Å². The molecule has 1 unspecified atom stereocenters. The largest absolute Gasteiger partial charge is 0.419 e. The van der Waals surface area contributed by atoms with E-state index in [1.807, 2.05) is 34.6 Å². The van der Waals surface area contributed by atoms with Gasteiger partial charge in [-0.1, -0.05) is 110 Å². The number of fused-ring (bicyclic) bond motifs is 1. The minimum absolute atomic E-state index is 0.00449. The average molecular weight is 1530 g/mol. The van der Waals surface area contributed by atoms with Crippen LogP contribution in [0.3, 0.4) is 0 Å². The van der Waals surface area contributed by atoms with Gasteiger partial charge < -0.3 is 64.8 Å². The third kappa shape index (κ3) is 25.3. The number of likely N-dealkylation sites (N-methyl/N-ethyl adjacent to an activating group) is 7. The Labute approximate surface area is 633 Å². The number of amides is 12. The topological polar surface area (TPSA) is 279 Å². The molecule has 107 heavy (non-hydrogen) atoms. The molecule has 0 spiro atoms. The van der Waals surface area contributed by atoms with E-state index in [-0.39, 0.29) is 101 Å². The average Bonchev–Trinajstić information content (AvgIpc) is 1.80. The quantitative estimate of drug-likeness (QED) is 0.151. The number of nitrogens with zero attached hydrogens (tertiary/aromatic N) is 9. The molecule has 0 radical (unpaired) electrons. The Hall–Kier alpha value is -7.95. The van der Waals surface area contributed by atoms with Gasteiger partial charge in [-0.15, -0.1) is 0 Å². The van der Waals surface area contributed by atoms with Gasteiger partial charge in [-0.05, 0) is 123 Å². The number of aryl methyl sites for hydroxylation is 1. The van der Waals surface area contributed by atoms with E-state index >= 15 is 14.0 Å². The summed E-state index contributed by atoms with van der Waals surface area (Å²) < 4.78 is 62.7. The first-order chi connectivity index (χ1) is 50.4. The minimum Gasteiger partial charge on any atom is -0.372 e. The molecule has 1 aliphatic carbocycles. The fraction of sp³-hybridized carbons (Fsp3) is 0.688. The molecule has 25 nitrogen and oxygen atoms in total. The predicted molar refractivity (Wildman–Crippen MR) is 394 cm³/mol. The highest BCUT2D eigenvalue weighted by atomic mass is 35.5. The van der Waals surface area contributed by atoms with Gasteiger partial charge in [0, 0.05) is 93.4 Å². The van der Waals surface area contributed by atoms with Crippen molar-refractivity contribution in [3.8, 4) is 0 Å². The molecule has 4 aliphatic rings. The number of carbonyl (C=O) groups is 12. The zero-order valence-electron chi connectivity index (χ0n) is 64.8. The standard InChI is InChI=1S/C77H115ClF4N12O13/c1-14-50(6)69-76(106)88(9)45-67(98)86(7)46-68(99)91(12)62(40-51-23-17-15-18-24-51)73(103)87(8)44-64(95)84-58(33-29-52-28-32-56(57(79)39-52)77(80,81)82)72(102)94-43-55(107-47-53-26-30-54(78)31-27-53)41-60(94)70(100)83-34-20-19-25-65(96)90(11)61(38-49(4)5)74(104)92(13)63(75(105)93-35-21-16-22-36-93)42-66(97)89(10)59(37-48(2)3)71(101)85-69/h26-28,30-32,39,48-51,55,58-63,69H,14-25,29,33-38,40-47H2,1-13H3,(H,83,100)(H,84,95)(H,85,101)/t50-,55+,58-,59-,60-,61-,62-,63-,69?/m0/s1. The molecular weight excluding hydrogens is 1410 g/mol. The molecule has 2 aromatic rings. The Morgan fingerprint density at radius 1 is 0.617 bits per heavy atom. The molecule has 3 aliphatic heterocycles. The number of likely N-dealkylation sites (tertiary alicyclic amines) is 1. The Morgan fingerprint density at radius 3 is 1.82 bits per heavy atom. The first-order valence-corrected chi connectivity index (χ1v) is 38.3. The van der Waals surface area contributed by atoms with Crippen LogP contribution in [0.25, 0.3) is 0 Å². The summed E-state index contributed by atoms with van der Waals surface area (Å²) >= 11 is 6.17. The molecule has 6 rings (SSSR count). The second-order valence-electron chi connectivity index (χ2n) is 30.6. The Morgan fingerprint density at radius 2 is 1.21 bits per heavy atom. The molecule has 3 saturated heterocycles. The van der Waals surface area contributed by atoms with E-state index in [9.17, 15) is 61.1 Å². The molecule has 596 valence electrons. The van der Waals surface area contributed by atoms with Crippen LogP contribution in [0.5, 0.6) is 0 Å². The molecule has 4 fully saturated rings. The molecular formula is C77H115ClF4N12O13. The molecule has 30 heteroatoms. The van der Waals surface area contributed by atoms with Crippen molar-refractivity contribution in [2.45, 2.75) is 225 Å². The van der Waals surface area contributed by atoms with Gasteiger partial charge in [0.1, 0.15) is 48.1 Å². The van der Waals surface area contributed by atoms with Crippen molar-refractivity contribution in [1.82, 2.24) is 60.0 Å². The molecule has 1 saturated carbocycles. The molecule has 0 bridgehead atoms. The number of piperidine rings is 1. The predicted octanol–water partition coefficient (Wildman–Crippen LogP) is 7.08. The number of halogens is 5. The highest BCUT2D eigenvalue weighted by Gasteiger charge is 2.45.